The number of benzene rings is 1. The van der Waals surface area contributed by atoms with Crippen molar-refractivity contribution < 1.29 is 9.47 Å². The highest BCUT2D eigenvalue weighted by Gasteiger charge is 2.32. The lowest BCUT2D eigenvalue weighted by molar-refractivity contribution is -0.0817. The van der Waals surface area contributed by atoms with Gasteiger partial charge in [0.25, 0.3) is 0 Å². The van der Waals surface area contributed by atoms with E-state index in [2.05, 4.69) is 35.3 Å². The van der Waals surface area contributed by atoms with Crippen molar-refractivity contribution >= 4 is 5.96 Å². The van der Waals surface area contributed by atoms with Crippen LogP contribution in [-0.4, -0.2) is 55.9 Å². The lowest BCUT2D eigenvalue weighted by atomic mass is 10.1. The summed E-state index contributed by atoms with van der Waals surface area (Å²) in [6, 6.07) is 6.89. The van der Waals surface area contributed by atoms with Crippen LogP contribution >= 0.6 is 0 Å². The van der Waals surface area contributed by atoms with Gasteiger partial charge in [0.05, 0.1) is 19.3 Å². The normalized spacial score (nSPS) is 26.2. The molecule has 0 bridgehead atoms. The Bertz CT molecular complexity index is 640. The van der Waals surface area contributed by atoms with E-state index < -0.39 is 0 Å². The number of hydrogen-bond acceptors (Lipinski definition) is 3. The summed E-state index contributed by atoms with van der Waals surface area (Å²) in [6.45, 7) is 7.11. The summed E-state index contributed by atoms with van der Waals surface area (Å²) in [5.41, 5.74) is 4.36. The molecule has 2 saturated heterocycles. The molecule has 2 fully saturated rings. The zero-order valence-electron chi connectivity index (χ0n) is 15.9. The molecule has 1 N–H and O–H groups in total. The van der Waals surface area contributed by atoms with Crippen molar-refractivity contribution in [2.24, 2.45) is 4.99 Å². The van der Waals surface area contributed by atoms with Gasteiger partial charge in [0.1, 0.15) is 6.10 Å². The van der Waals surface area contributed by atoms with Crippen LogP contribution in [-0.2, 0) is 28.9 Å². The number of morpholine rings is 1. The van der Waals surface area contributed by atoms with E-state index in [1.54, 1.807) is 0 Å². The molecular formula is C21H31N3O2. The molecule has 5 nitrogen and oxygen atoms in total. The van der Waals surface area contributed by atoms with Crippen molar-refractivity contribution in [1.82, 2.24) is 10.2 Å². The first-order chi connectivity index (χ1) is 12.8. The fraction of sp³-hybridized carbons (Fsp3) is 0.667. The summed E-state index contributed by atoms with van der Waals surface area (Å²) in [5.74, 6) is 0.999. The Morgan fingerprint density at radius 2 is 2.04 bits per heavy atom. The van der Waals surface area contributed by atoms with Crippen molar-refractivity contribution in [3.8, 4) is 0 Å². The Kier molecular flexibility index (Phi) is 5.75. The molecule has 1 aromatic carbocycles. The Labute approximate surface area is 156 Å². The number of ether oxygens (including phenoxy) is 2. The number of aryl methyl sites for hydroxylation is 2. The Morgan fingerprint density at radius 1 is 1.15 bits per heavy atom. The first-order valence-electron chi connectivity index (χ1n) is 10.2. The first-order valence-corrected chi connectivity index (χ1v) is 10.2. The maximum absolute atomic E-state index is 5.98. The topological polar surface area (TPSA) is 46.1 Å². The molecule has 4 rings (SSSR count). The van der Waals surface area contributed by atoms with Gasteiger partial charge in [0.2, 0.25) is 0 Å². The molecule has 2 atom stereocenters. The van der Waals surface area contributed by atoms with Gasteiger partial charge in [-0.25, -0.2) is 4.99 Å². The minimum atomic E-state index is 0.162. The van der Waals surface area contributed by atoms with E-state index >= 15 is 0 Å². The molecule has 2 aliphatic heterocycles. The largest absolute Gasteiger partial charge is 0.375 e. The van der Waals surface area contributed by atoms with Gasteiger partial charge < -0.3 is 19.7 Å². The number of hydrogen-bond donors (Lipinski definition) is 1. The van der Waals surface area contributed by atoms with Gasteiger partial charge in [0.15, 0.2) is 5.96 Å². The van der Waals surface area contributed by atoms with Gasteiger partial charge in [-0.15, -0.1) is 0 Å². The van der Waals surface area contributed by atoms with E-state index in [-0.39, 0.29) is 12.2 Å². The molecule has 0 amide bonds. The van der Waals surface area contributed by atoms with Gasteiger partial charge in [-0.2, -0.15) is 0 Å². The minimum Gasteiger partial charge on any atom is -0.375 e. The summed E-state index contributed by atoms with van der Waals surface area (Å²) in [7, 11) is 0. The molecule has 3 aliphatic rings. The number of nitrogens with zero attached hydrogens (tertiary/aromatic N) is 2. The molecule has 1 aliphatic carbocycles. The van der Waals surface area contributed by atoms with Gasteiger partial charge in [0, 0.05) is 26.2 Å². The molecular weight excluding hydrogens is 326 g/mol. The average Bonchev–Trinajstić information content (AvgIpc) is 3.36. The third-order valence-corrected chi connectivity index (χ3v) is 5.68. The Morgan fingerprint density at radius 3 is 2.88 bits per heavy atom. The van der Waals surface area contributed by atoms with Crippen LogP contribution in [0.4, 0.5) is 0 Å². The quantitative estimate of drug-likeness (QED) is 0.664. The average molecular weight is 357 g/mol. The zero-order valence-corrected chi connectivity index (χ0v) is 15.9. The monoisotopic (exact) mass is 357 g/mol. The molecule has 0 radical (unpaired) electrons. The molecule has 2 heterocycles. The van der Waals surface area contributed by atoms with E-state index in [1.165, 1.54) is 36.0 Å². The van der Waals surface area contributed by atoms with Crippen molar-refractivity contribution in [2.75, 3.05) is 32.8 Å². The molecule has 0 spiro atoms. The van der Waals surface area contributed by atoms with Crippen molar-refractivity contribution in [3.63, 3.8) is 0 Å². The lowest BCUT2D eigenvalue weighted by Gasteiger charge is -2.37. The van der Waals surface area contributed by atoms with Crippen molar-refractivity contribution in [2.45, 2.75) is 57.8 Å². The number of guanidine groups is 1. The predicted octanol–water partition coefficient (Wildman–Crippen LogP) is 2.52. The molecule has 26 heavy (non-hydrogen) atoms. The summed E-state index contributed by atoms with van der Waals surface area (Å²) < 4.78 is 11.8. The highest BCUT2D eigenvalue weighted by atomic mass is 16.5. The SMILES string of the molecule is CCNC(=NCc1ccc2c(c1)CCC2)N1CCOC(C2CCCO2)C1. The Balaban J connectivity index is 1.43. The van der Waals surface area contributed by atoms with E-state index in [0.717, 1.165) is 58.2 Å². The van der Waals surface area contributed by atoms with E-state index in [1.807, 2.05) is 0 Å². The van der Waals surface area contributed by atoms with Crippen LogP contribution in [0, 0.1) is 0 Å². The molecule has 0 aromatic heterocycles. The molecule has 0 saturated carbocycles. The second-order valence-corrected chi connectivity index (χ2v) is 7.53. The second-order valence-electron chi connectivity index (χ2n) is 7.53. The third kappa shape index (κ3) is 4.04. The van der Waals surface area contributed by atoms with Gasteiger partial charge >= 0.3 is 0 Å². The van der Waals surface area contributed by atoms with Crippen LogP contribution in [0.2, 0.25) is 0 Å². The number of nitrogens with one attached hydrogen (secondary N) is 1. The smallest absolute Gasteiger partial charge is 0.194 e. The summed E-state index contributed by atoms with van der Waals surface area (Å²) in [4.78, 5) is 7.27. The molecule has 1 aromatic rings. The Hall–Kier alpha value is -1.59. The predicted molar refractivity (Wildman–Crippen MR) is 104 cm³/mol. The standard InChI is InChI=1S/C21H31N3O2/c1-2-22-21(23-14-16-8-9-17-5-3-6-18(17)13-16)24-10-12-26-20(15-24)19-7-4-11-25-19/h8-9,13,19-20H,2-7,10-12,14-15H2,1H3,(H,22,23). The van der Waals surface area contributed by atoms with Crippen LogP contribution in [0.5, 0.6) is 0 Å². The summed E-state index contributed by atoms with van der Waals surface area (Å²) in [5, 5.41) is 3.47. The van der Waals surface area contributed by atoms with Crippen LogP contribution < -0.4 is 5.32 Å². The van der Waals surface area contributed by atoms with Crippen LogP contribution in [0.15, 0.2) is 23.2 Å². The zero-order chi connectivity index (χ0) is 17.8. The van der Waals surface area contributed by atoms with Gasteiger partial charge in [-0.1, -0.05) is 18.2 Å². The van der Waals surface area contributed by atoms with Crippen LogP contribution in [0.1, 0.15) is 42.9 Å². The number of aliphatic imine (C=N–C) groups is 1. The van der Waals surface area contributed by atoms with E-state index in [0.29, 0.717) is 0 Å². The summed E-state index contributed by atoms with van der Waals surface area (Å²) in [6.07, 6.45) is 6.42. The van der Waals surface area contributed by atoms with Crippen molar-refractivity contribution in [3.05, 3.63) is 34.9 Å². The highest BCUT2D eigenvalue weighted by molar-refractivity contribution is 5.80. The van der Waals surface area contributed by atoms with Gasteiger partial charge in [-0.3, -0.25) is 0 Å². The molecule has 2 unspecified atom stereocenters. The van der Waals surface area contributed by atoms with E-state index in [9.17, 15) is 0 Å². The third-order valence-electron chi connectivity index (χ3n) is 5.68. The molecule has 142 valence electrons. The summed E-state index contributed by atoms with van der Waals surface area (Å²) >= 11 is 0. The van der Waals surface area contributed by atoms with E-state index in [4.69, 9.17) is 14.5 Å². The first kappa shape index (κ1) is 17.8. The fourth-order valence-corrected chi connectivity index (χ4v) is 4.30. The number of rotatable bonds is 4. The second kappa shape index (κ2) is 8.40. The maximum atomic E-state index is 5.98. The van der Waals surface area contributed by atoms with Crippen LogP contribution in [0.3, 0.4) is 0 Å². The fourth-order valence-electron chi connectivity index (χ4n) is 4.30. The highest BCUT2D eigenvalue weighted by Crippen LogP contribution is 2.23. The van der Waals surface area contributed by atoms with Gasteiger partial charge in [-0.05, 0) is 55.7 Å². The minimum absolute atomic E-state index is 0.162. The lowest BCUT2D eigenvalue weighted by Crippen LogP contribution is -2.53. The molecule has 5 heteroatoms. The maximum Gasteiger partial charge on any atom is 0.194 e. The van der Waals surface area contributed by atoms with Crippen LogP contribution in [0.25, 0.3) is 0 Å². The number of fused-ring (bicyclic) bond motifs is 1. The van der Waals surface area contributed by atoms with Crippen molar-refractivity contribution in [1.29, 1.82) is 0 Å².